The number of primary amides is 1. The van der Waals surface area contributed by atoms with Crippen molar-refractivity contribution in [2.45, 2.75) is 11.7 Å². The SMILES string of the molecule is NC(=O)NC(=O)C[C@H]1S/C(=N\N=C2\NC(=O)CS2)NC1=O. The molecule has 1 atom stereocenters. The Morgan fingerprint density at radius 2 is 2.00 bits per heavy atom. The summed E-state index contributed by atoms with van der Waals surface area (Å²) >= 11 is 2.20. The molecular formula is C9H10N6O4S2. The molecule has 0 bridgehead atoms. The van der Waals surface area contributed by atoms with Crippen LogP contribution in [-0.4, -0.2) is 45.1 Å². The Kier molecular flexibility index (Phi) is 4.80. The summed E-state index contributed by atoms with van der Waals surface area (Å²) in [5, 5.41) is 14.2. The van der Waals surface area contributed by atoms with Crippen LogP contribution in [0.2, 0.25) is 0 Å². The standard InChI is InChI=1S/C9H10N6O4S2/c10-7(19)11-4(16)1-3-6(18)13-9(21-3)15-14-8-12-5(17)2-20-8/h3H,1-2H2,(H,12,14,17)(H,13,15,18)(H3,10,11,16,19)/t3-/m1/s1. The van der Waals surface area contributed by atoms with Crippen molar-refractivity contribution >= 4 is 57.6 Å². The van der Waals surface area contributed by atoms with E-state index in [4.69, 9.17) is 5.73 Å². The van der Waals surface area contributed by atoms with Crippen LogP contribution in [0.15, 0.2) is 10.2 Å². The number of carbonyl (C=O) groups is 4. The maximum atomic E-state index is 11.6. The van der Waals surface area contributed by atoms with Crippen LogP contribution in [0.5, 0.6) is 0 Å². The van der Waals surface area contributed by atoms with Crippen LogP contribution in [0.25, 0.3) is 0 Å². The number of hydrogen-bond donors (Lipinski definition) is 4. The van der Waals surface area contributed by atoms with Gasteiger partial charge in [0.15, 0.2) is 10.3 Å². The van der Waals surface area contributed by atoms with E-state index in [2.05, 4.69) is 20.8 Å². The summed E-state index contributed by atoms with van der Waals surface area (Å²) in [6.07, 6.45) is -0.208. The highest BCUT2D eigenvalue weighted by atomic mass is 32.2. The summed E-state index contributed by atoms with van der Waals surface area (Å²) in [4.78, 5) is 44.4. The van der Waals surface area contributed by atoms with Crippen molar-refractivity contribution in [3.63, 3.8) is 0 Å². The van der Waals surface area contributed by atoms with E-state index in [-0.39, 0.29) is 23.2 Å². The lowest BCUT2D eigenvalue weighted by Gasteiger charge is -2.03. The normalized spacial score (nSPS) is 25.0. The van der Waals surface area contributed by atoms with Gasteiger partial charge in [0.1, 0.15) is 5.25 Å². The van der Waals surface area contributed by atoms with E-state index in [1.165, 1.54) is 11.8 Å². The van der Waals surface area contributed by atoms with E-state index in [0.717, 1.165) is 11.8 Å². The van der Waals surface area contributed by atoms with Crippen molar-refractivity contribution in [1.29, 1.82) is 0 Å². The number of nitrogens with two attached hydrogens (primary N) is 1. The summed E-state index contributed by atoms with van der Waals surface area (Å²) in [7, 11) is 0. The van der Waals surface area contributed by atoms with Gasteiger partial charge in [-0.15, -0.1) is 10.2 Å². The van der Waals surface area contributed by atoms with E-state index < -0.39 is 23.1 Å². The molecule has 0 saturated carbocycles. The second kappa shape index (κ2) is 6.58. The van der Waals surface area contributed by atoms with Crippen LogP contribution in [0.3, 0.4) is 0 Å². The number of amides is 5. The van der Waals surface area contributed by atoms with Crippen LogP contribution >= 0.6 is 23.5 Å². The van der Waals surface area contributed by atoms with Crippen LogP contribution in [0, 0.1) is 0 Å². The van der Waals surface area contributed by atoms with Crippen molar-refractivity contribution in [2.24, 2.45) is 15.9 Å². The minimum absolute atomic E-state index is 0.164. The molecule has 5 amide bonds. The molecule has 2 saturated heterocycles. The molecule has 12 heteroatoms. The molecule has 5 N–H and O–H groups in total. The Morgan fingerprint density at radius 1 is 1.29 bits per heavy atom. The molecule has 0 aliphatic carbocycles. The van der Waals surface area contributed by atoms with Gasteiger partial charge < -0.3 is 16.4 Å². The van der Waals surface area contributed by atoms with Gasteiger partial charge in [-0.2, -0.15) is 0 Å². The third-order valence-electron chi connectivity index (χ3n) is 2.23. The van der Waals surface area contributed by atoms with Gasteiger partial charge >= 0.3 is 6.03 Å². The summed E-state index contributed by atoms with van der Waals surface area (Å²) in [5.74, 6) is -0.954. The molecular weight excluding hydrogens is 320 g/mol. The number of carbonyl (C=O) groups excluding carboxylic acids is 4. The Balaban J connectivity index is 1.91. The lowest BCUT2D eigenvalue weighted by Crippen LogP contribution is -2.37. The fraction of sp³-hybridized carbons (Fsp3) is 0.333. The average molecular weight is 330 g/mol. The number of hydrogen-bond acceptors (Lipinski definition) is 8. The zero-order chi connectivity index (χ0) is 15.4. The minimum Gasteiger partial charge on any atom is -0.351 e. The molecule has 0 aromatic heterocycles. The topological polar surface area (TPSA) is 155 Å². The first-order chi connectivity index (χ1) is 9.94. The van der Waals surface area contributed by atoms with Crippen LogP contribution in [0.4, 0.5) is 4.79 Å². The van der Waals surface area contributed by atoms with Crippen LogP contribution in [0.1, 0.15) is 6.42 Å². The molecule has 2 fully saturated rings. The Bertz CT molecular complexity index is 575. The monoisotopic (exact) mass is 330 g/mol. The van der Waals surface area contributed by atoms with E-state index >= 15 is 0 Å². The largest absolute Gasteiger partial charge is 0.351 e. The number of rotatable bonds is 3. The molecule has 0 unspecified atom stereocenters. The first kappa shape index (κ1) is 15.3. The van der Waals surface area contributed by atoms with Crippen molar-refractivity contribution in [2.75, 3.05) is 5.75 Å². The predicted octanol–water partition coefficient (Wildman–Crippen LogP) is -1.71. The summed E-state index contributed by atoms with van der Waals surface area (Å²) in [5.41, 5.74) is 4.80. The summed E-state index contributed by atoms with van der Waals surface area (Å²) < 4.78 is 0. The van der Waals surface area contributed by atoms with E-state index in [1.807, 2.05) is 5.32 Å². The van der Waals surface area contributed by atoms with E-state index in [0.29, 0.717) is 5.17 Å². The molecule has 2 aliphatic heterocycles. The van der Waals surface area contributed by atoms with Gasteiger partial charge in [-0.3, -0.25) is 19.7 Å². The average Bonchev–Trinajstić information content (AvgIpc) is 2.93. The summed E-state index contributed by atoms with van der Waals surface area (Å²) in [6.45, 7) is 0. The van der Waals surface area contributed by atoms with Crippen LogP contribution in [-0.2, 0) is 14.4 Å². The highest BCUT2D eigenvalue weighted by Gasteiger charge is 2.32. The maximum Gasteiger partial charge on any atom is 0.318 e. The molecule has 112 valence electrons. The Morgan fingerprint density at radius 3 is 2.62 bits per heavy atom. The highest BCUT2D eigenvalue weighted by Crippen LogP contribution is 2.22. The molecule has 10 nitrogen and oxygen atoms in total. The zero-order valence-electron chi connectivity index (χ0n) is 10.4. The second-order valence-electron chi connectivity index (χ2n) is 3.86. The molecule has 2 rings (SSSR count). The molecule has 2 aliphatic rings. The van der Waals surface area contributed by atoms with Gasteiger partial charge in [0.25, 0.3) is 0 Å². The summed E-state index contributed by atoms with van der Waals surface area (Å²) in [6, 6.07) is -0.974. The van der Waals surface area contributed by atoms with Crippen LogP contribution < -0.4 is 21.7 Å². The quantitative estimate of drug-likeness (QED) is 0.452. The van der Waals surface area contributed by atoms with Crippen molar-refractivity contribution in [3.8, 4) is 0 Å². The molecule has 0 aromatic carbocycles. The smallest absolute Gasteiger partial charge is 0.318 e. The third kappa shape index (κ3) is 4.46. The maximum absolute atomic E-state index is 11.6. The van der Waals surface area contributed by atoms with Gasteiger partial charge in [-0.05, 0) is 0 Å². The van der Waals surface area contributed by atoms with Crippen molar-refractivity contribution in [1.82, 2.24) is 16.0 Å². The second-order valence-corrected chi connectivity index (χ2v) is 6.01. The highest BCUT2D eigenvalue weighted by molar-refractivity contribution is 8.15. The zero-order valence-corrected chi connectivity index (χ0v) is 12.0. The number of urea groups is 1. The third-order valence-corrected chi connectivity index (χ3v) is 4.16. The van der Waals surface area contributed by atoms with Gasteiger partial charge in [0, 0.05) is 6.42 Å². The number of nitrogens with zero attached hydrogens (tertiary/aromatic N) is 2. The van der Waals surface area contributed by atoms with Gasteiger partial charge in [-0.25, -0.2) is 4.79 Å². The Labute approximate surface area is 126 Å². The number of imide groups is 1. The Hall–Kier alpha value is -2.08. The molecule has 0 aromatic rings. The molecule has 21 heavy (non-hydrogen) atoms. The lowest BCUT2D eigenvalue weighted by molar-refractivity contribution is -0.124. The van der Waals surface area contributed by atoms with Gasteiger partial charge in [0.05, 0.1) is 5.75 Å². The molecule has 0 radical (unpaired) electrons. The molecule has 2 heterocycles. The van der Waals surface area contributed by atoms with E-state index in [9.17, 15) is 19.2 Å². The fourth-order valence-electron chi connectivity index (χ4n) is 1.41. The first-order valence-electron chi connectivity index (χ1n) is 5.59. The van der Waals surface area contributed by atoms with E-state index in [1.54, 1.807) is 0 Å². The van der Waals surface area contributed by atoms with Gasteiger partial charge in [0.2, 0.25) is 17.7 Å². The van der Waals surface area contributed by atoms with Gasteiger partial charge in [-0.1, -0.05) is 23.5 Å². The predicted molar refractivity (Wildman–Crippen MR) is 77.3 cm³/mol. The number of nitrogens with one attached hydrogen (secondary N) is 3. The van der Waals surface area contributed by atoms with Crippen molar-refractivity contribution < 1.29 is 19.2 Å². The number of amidine groups is 2. The molecule has 0 spiro atoms. The minimum atomic E-state index is -0.974. The van der Waals surface area contributed by atoms with Crippen molar-refractivity contribution in [3.05, 3.63) is 0 Å². The number of thioether (sulfide) groups is 2. The fourth-order valence-corrected chi connectivity index (χ4v) is 2.96. The lowest BCUT2D eigenvalue weighted by atomic mass is 10.3. The first-order valence-corrected chi connectivity index (χ1v) is 7.45.